The Bertz CT molecular complexity index is 902. The number of hydrogen-bond acceptors (Lipinski definition) is 5. The van der Waals surface area contributed by atoms with E-state index in [4.69, 9.17) is 9.57 Å². The summed E-state index contributed by atoms with van der Waals surface area (Å²) in [5.41, 5.74) is 2.39. The molecule has 0 atom stereocenters. The third-order valence-electron chi connectivity index (χ3n) is 3.62. The molecule has 3 rings (SSSR count). The highest BCUT2D eigenvalue weighted by Crippen LogP contribution is 2.28. The summed E-state index contributed by atoms with van der Waals surface area (Å²) in [6.45, 7) is 1.81. The van der Waals surface area contributed by atoms with Crippen molar-refractivity contribution in [2.24, 2.45) is 5.16 Å². The van der Waals surface area contributed by atoms with Gasteiger partial charge in [-0.05, 0) is 48.9 Å². The molecule has 0 radical (unpaired) electrons. The third kappa shape index (κ3) is 4.49. The summed E-state index contributed by atoms with van der Waals surface area (Å²) >= 11 is 1.60. The number of hydrogen-bond donors (Lipinski definition) is 1. The lowest BCUT2D eigenvalue weighted by Crippen LogP contribution is -2.11. The predicted molar refractivity (Wildman–Crippen MR) is 105 cm³/mol. The summed E-state index contributed by atoms with van der Waals surface area (Å²) < 4.78 is 5.07. The molecule has 1 amide bonds. The molecule has 0 unspecified atom stereocenters. The standard InChI is InChI=1S/C20H18N2O3S/c1-14(18-12-13-19(26-18)15-6-4-3-5-7-15)22-25-20(23)21-16-8-10-17(24-2)11-9-16/h3-13H,1-2H3,(H,21,23). The first-order chi connectivity index (χ1) is 12.7. The molecule has 26 heavy (non-hydrogen) atoms. The van der Waals surface area contributed by atoms with Gasteiger partial charge in [-0.15, -0.1) is 11.3 Å². The highest BCUT2D eigenvalue weighted by molar-refractivity contribution is 7.17. The number of thiophene rings is 1. The van der Waals surface area contributed by atoms with Gasteiger partial charge in [0, 0.05) is 10.6 Å². The van der Waals surface area contributed by atoms with Crippen molar-refractivity contribution in [2.45, 2.75) is 6.92 Å². The smallest absolute Gasteiger partial charge is 0.437 e. The molecule has 5 nitrogen and oxygen atoms in total. The lowest BCUT2D eigenvalue weighted by atomic mass is 10.2. The molecule has 1 heterocycles. The second-order valence-corrected chi connectivity index (χ2v) is 6.52. The van der Waals surface area contributed by atoms with Gasteiger partial charge < -0.3 is 4.74 Å². The number of amides is 1. The van der Waals surface area contributed by atoms with Crippen molar-refractivity contribution >= 4 is 28.8 Å². The molecule has 3 aromatic rings. The van der Waals surface area contributed by atoms with Crippen molar-refractivity contribution in [2.75, 3.05) is 12.4 Å². The van der Waals surface area contributed by atoms with Gasteiger partial charge in [0.1, 0.15) is 5.75 Å². The molecular formula is C20H18N2O3S. The van der Waals surface area contributed by atoms with Crippen LogP contribution in [0.1, 0.15) is 11.8 Å². The minimum Gasteiger partial charge on any atom is -0.497 e. The predicted octanol–water partition coefficient (Wildman–Crippen LogP) is 5.40. The Balaban J connectivity index is 1.61. The van der Waals surface area contributed by atoms with Gasteiger partial charge >= 0.3 is 6.09 Å². The fourth-order valence-corrected chi connectivity index (χ4v) is 3.21. The maximum Gasteiger partial charge on any atom is 0.437 e. The van der Waals surface area contributed by atoms with Crippen LogP contribution in [0.4, 0.5) is 10.5 Å². The van der Waals surface area contributed by atoms with Gasteiger partial charge in [0.25, 0.3) is 0 Å². The van der Waals surface area contributed by atoms with Gasteiger partial charge in [-0.3, -0.25) is 10.2 Å². The lowest BCUT2D eigenvalue weighted by Gasteiger charge is -2.04. The summed E-state index contributed by atoms with van der Waals surface area (Å²) in [5.74, 6) is 0.713. The van der Waals surface area contributed by atoms with Gasteiger partial charge in [0.05, 0.1) is 17.7 Å². The normalized spacial score (nSPS) is 11.1. The van der Waals surface area contributed by atoms with E-state index in [0.717, 1.165) is 15.3 Å². The number of nitrogens with zero attached hydrogens (tertiary/aromatic N) is 1. The Kier molecular flexibility index (Phi) is 5.66. The van der Waals surface area contributed by atoms with Crippen LogP contribution in [0.3, 0.4) is 0 Å². The molecular weight excluding hydrogens is 348 g/mol. The first-order valence-electron chi connectivity index (χ1n) is 7.98. The Morgan fingerprint density at radius 1 is 1.00 bits per heavy atom. The fraction of sp³-hybridized carbons (Fsp3) is 0.100. The van der Waals surface area contributed by atoms with Gasteiger partial charge in [0.15, 0.2) is 0 Å². The zero-order valence-electron chi connectivity index (χ0n) is 14.4. The lowest BCUT2D eigenvalue weighted by molar-refractivity contribution is 0.166. The van der Waals surface area contributed by atoms with Crippen molar-refractivity contribution in [1.82, 2.24) is 0 Å². The zero-order valence-corrected chi connectivity index (χ0v) is 15.2. The summed E-state index contributed by atoms with van der Waals surface area (Å²) in [7, 11) is 1.59. The molecule has 0 spiro atoms. The van der Waals surface area contributed by atoms with Gasteiger partial charge in [-0.25, -0.2) is 4.79 Å². The maximum absolute atomic E-state index is 11.9. The van der Waals surface area contributed by atoms with E-state index in [1.54, 1.807) is 49.6 Å². The van der Waals surface area contributed by atoms with E-state index in [9.17, 15) is 4.79 Å². The van der Waals surface area contributed by atoms with E-state index >= 15 is 0 Å². The minimum atomic E-state index is -0.644. The molecule has 0 saturated carbocycles. The summed E-state index contributed by atoms with van der Waals surface area (Å²) in [5, 5.41) is 6.53. The average molecular weight is 366 g/mol. The van der Waals surface area contributed by atoms with Crippen LogP contribution in [-0.2, 0) is 4.84 Å². The van der Waals surface area contributed by atoms with Crippen LogP contribution in [-0.4, -0.2) is 18.9 Å². The number of methoxy groups -OCH3 is 1. The number of ether oxygens (including phenoxy) is 1. The molecule has 0 aliphatic rings. The molecule has 132 valence electrons. The van der Waals surface area contributed by atoms with E-state index in [2.05, 4.69) is 22.6 Å². The molecule has 0 aliphatic carbocycles. The quantitative estimate of drug-likeness (QED) is 0.374. The molecule has 0 saturated heterocycles. The number of rotatable bonds is 5. The second-order valence-electron chi connectivity index (χ2n) is 5.44. The van der Waals surface area contributed by atoms with E-state index < -0.39 is 6.09 Å². The van der Waals surface area contributed by atoms with Crippen LogP contribution < -0.4 is 10.1 Å². The Morgan fingerprint density at radius 3 is 2.42 bits per heavy atom. The highest BCUT2D eigenvalue weighted by atomic mass is 32.1. The summed E-state index contributed by atoms with van der Waals surface area (Å²) in [4.78, 5) is 18.9. The van der Waals surface area contributed by atoms with Crippen molar-refractivity contribution in [3.05, 3.63) is 71.6 Å². The Hall–Kier alpha value is -3.12. The van der Waals surface area contributed by atoms with Gasteiger partial charge in [0.2, 0.25) is 0 Å². The van der Waals surface area contributed by atoms with Crippen molar-refractivity contribution in [1.29, 1.82) is 0 Å². The molecule has 1 aromatic heterocycles. The van der Waals surface area contributed by atoms with E-state index in [1.165, 1.54) is 0 Å². The van der Waals surface area contributed by atoms with E-state index in [1.807, 2.05) is 30.3 Å². The average Bonchev–Trinajstić information content (AvgIpc) is 3.18. The van der Waals surface area contributed by atoms with Gasteiger partial charge in [-0.1, -0.05) is 35.5 Å². The van der Waals surface area contributed by atoms with Crippen molar-refractivity contribution in [3.63, 3.8) is 0 Å². The van der Waals surface area contributed by atoms with Crippen LogP contribution in [0.25, 0.3) is 10.4 Å². The first-order valence-corrected chi connectivity index (χ1v) is 8.79. The van der Waals surface area contributed by atoms with Crippen LogP contribution in [0.15, 0.2) is 71.9 Å². The first kappa shape index (κ1) is 17.7. The van der Waals surface area contributed by atoms with Crippen LogP contribution in [0.2, 0.25) is 0 Å². The second kappa shape index (κ2) is 8.31. The molecule has 0 fully saturated rings. The molecule has 0 aliphatic heterocycles. The maximum atomic E-state index is 11.9. The third-order valence-corrected chi connectivity index (χ3v) is 4.87. The number of anilines is 1. The number of nitrogens with one attached hydrogen (secondary N) is 1. The molecule has 0 bridgehead atoms. The Morgan fingerprint density at radius 2 is 1.73 bits per heavy atom. The molecule has 2 aromatic carbocycles. The van der Waals surface area contributed by atoms with E-state index in [0.29, 0.717) is 17.1 Å². The van der Waals surface area contributed by atoms with Gasteiger partial charge in [-0.2, -0.15) is 0 Å². The number of carbonyl (C=O) groups excluding carboxylic acids is 1. The van der Waals surface area contributed by atoms with E-state index in [-0.39, 0.29) is 0 Å². The SMILES string of the molecule is COc1ccc(NC(=O)ON=C(C)c2ccc(-c3ccccc3)s2)cc1. The number of carbonyl (C=O) groups is 1. The summed E-state index contributed by atoms with van der Waals surface area (Å²) in [6, 6.07) is 21.1. The largest absolute Gasteiger partial charge is 0.497 e. The monoisotopic (exact) mass is 366 g/mol. The minimum absolute atomic E-state index is 0.603. The number of oxime groups is 1. The van der Waals surface area contributed by atoms with Crippen molar-refractivity contribution in [3.8, 4) is 16.2 Å². The fourth-order valence-electron chi connectivity index (χ4n) is 2.26. The summed E-state index contributed by atoms with van der Waals surface area (Å²) in [6.07, 6.45) is -0.644. The zero-order chi connectivity index (χ0) is 18.4. The molecule has 1 N–H and O–H groups in total. The Labute approximate surface area is 155 Å². The van der Waals surface area contributed by atoms with Crippen LogP contribution >= 0.6 is 11.3 Å². The molecule has 6 heteroatoms. The number of benzene rings is 2. The topological polar surface area (TPSA) is 59.9 Å². The highest BCUT2D eigenvalue weighted by Gasteiger charge is 2.08. The van der Waals surface area contributed by atoms with Crippen LogP contribution in [0, 0.1) is 0 Å². The van der Waals surface area contributed by atoms with Crippen molar-refractivity contribution < 1.29 is 14.4 Å². The van der Waals surface area contributed by atoms with Crippen LogP contribution in [0.5, 0.6) is 5.75 Å².